The van der Waals surface area contributed by atoms with Crippen molar-refractivity contribution in [3.05, 3.63) is 70.4 Å². The molecule has 0 radical (unpaired) electrons. The van der Waals surface area contributed by atoms with Crippen molar-refractivity contribution in [2.45, 2.75) is 57.3 Å². The minimum absolute atomic E-state index is 0.0376. The van der Waals surface area contributed by atoms with Crippen LogP contribution in [0.15, 0.2) is 36.4 Å². The molecule has 0 amide bonds. The van der Waals surface area contributed by atoms with Crippen LogP contribution in [0.25, 0.3) is 10.9 Å². The maximum absolute atomic E-state index is 15.8. The van der Waals surface area contributed by atoms with Gasteiger partial charge in [-0.2, -0.15) is 0 Å². The zero-order valence-electron chi connectivity index (χ0n) is 21.8. The van der Waals surface area contributed by atoms with Crippen molar-refractivity contribution in [2.75, 3.05) is 32.9 Å². The third-order valence-electron chi connectivity index (χ3n) is 7.89. The number of alkyl halides is 4. The van der Waals surface area contributed by atoms with E-state index in [1.54, 1.807) is 9.80 Å². The molecule has 2 atom stereocenters. The quantitative estimate of drug-likeness (QED) is 0.316. The highest BCUT2D eigenvalue weighted by Crippen LogP contribution is 2.46. The Morgan fingerprint density at radius 3 is 2.32 bits per heavy atom. The van der Waals surface area contributed by atoms with E-state index in [0.29, 0.717) is 18.7 Å². The van der Waals surface area contributed by atoms with Gasteiger partial charge >= 0.3 is 0 Å². The van der Waals surface area contributed by atoms with E-state index in [9.17, 15) is 8.78 Å². The minimum atomic E-state index is -3.45. The minimum Gasteiger partial charge on any atom is -0.357 e. The fraction of sp³-hybridized carbons (Fsp3) is 0.517. The van der Waals surface area contributed by atoms with Gasteiger partial charge in [0, 0.05) is 59.9 Å². The van der Waals surface area contributed by atoms with Gasteiger partial charge in [0.15, 0.2) is 0 Å². The smallest absolute Gasteiger partial charge is 0.278 e. The van der Waals surface area contributed by atoms with E-state index in [-0.39, 0.29) is 37.7 Å². The molecule has 38 heavy (non-hydrogen) atoms. The number of halogens is 6. The molecule has 3 aromatic rings. The van der Waals surface area contributed by atoms with Crippen molar-refractivity contribution in [3.8, 4) is 0 Å². The zero-order valence-corrected chi connectivity index (χ0v) is 21.8. The average Bonchev–Trinajstić information content (AvgIpc) is 3.16. The third kappa shape index (κ3) is 4.83. The number of likely N-dealkylation sites (tertiary alicyclic amines) is 1. The highest BCUT2D eigenvalue weighted by atomic mass is 19.3. The first-order valence-electron chi connectivity index (χ1n) is 13.1. The standard InChI is InChI=1S/C29H33F6N3/c1-17-11-21-20-7-4-5-8-24(20)36-26(21)27(38(17)16-28(2,3)33)25-22(31)12-18(13-23(25)32)29(34,35)19-14-37(15-19)10-6-9-30/h4-5,7-8,12-13,17,19,27,36H,6,9-11,14-16H2,1-3H3/t17-,27-/m1/s1. The molecule has 0 saturated carbocycles. The van der Waals surface area contributed by atoms with Crippen LogP contribution in [-0.2, 0) is 12.3 Å². The van der Waals surface area contributed by atoms with Gasteiger partial charge in [-0.15, -0.1) is 0 Å². The van der Waals surface area contributed by atoms with Crippen LogP contribution in [0, 0.1) is 17.6 Å². The zero-order chi connectivity index (χ0) is 27.4. The van der Waals surface area contributed by atoms with Crippen molar-refractivity contribution in [1.29, 1.82) is 0 Å². The third-order valence-corrected chi connectivity index (χ3v) is 7.89. The van der Waals surface area contributed by atoms with Crippen LogP contribution in [0.4, 0.5) is 26.3 Å². The van der Waals surface area contributed by atoms with Crippen molar-refractivity contribution in [1.82, 2.24) is 14.8 Å². The van der Waals surface area contributed by atoms with Gasteiger partial charge in [-0.1, -0.05) is 18.2 Å². The van der Waals surface area contributed by atoms with Gasteiger partial charge in [0.2, 0.25) is 0 Å². The largest absolute Gasteiger partial charge is 0.357 e. The second-order valence-corrected chi connectivity index (χ2v) is 11.4. The molecule has 1 saturated heterocycles. The first-order valence-corrected chi connectivity index (χ1v) is 13.1. The average molecular weight is 538 g/mol. The number of aromatic nitrogens is 1. The summed E-state index contributed by atoms with van der Waals surface area (Å²) in [5, 5.41) is 0.921. The summed E-state index contributed by atoms with van der Waals surface area (Å²) in [5.74, 6) is -6.72. The van der Waals surface area contributed by atoms with Crippen molar-refractivity contribution >= 4 is 10.9 Å². The number of nitrogens with zero attached hydrogens (tertiary/aromatic N) is 2. The van der Waals surface area contributed by atoms with Gasteiger partial charge in [-0.05, 0) is 57.4 Å². The SMILES string of the molecule is C[C@@H]1Cc2c([nH]c3ccccc23)[C@@H](c2c(F)cc(C(F)(F)C3CN(CCCF)C3)cc2F)N1CC(C)(C)F. The number of aromatic amines is 1. The first kappa shape index (κ1) is 27.1. The summed E-state index contributed by atoms with van der Waals surface area (Å²) in [6.07, 6.45) is 0.809. The number of benzene rings is 2. The lowest BCUT2D eigenvalue weighted by Crippen LogP contribution is -2.53. The highest BCUT2D eigenvalue weighted by molar-refractivity contribution is 5.85. The Kier molecular flexibility index (Phi) is 7.05. The van der Waals surface area contributed by atoms with Crippen LogP contribution in [0.2, 0.25) is 0 Å². The predicted octanol–water partition coefficient (Wildman–Crippen LogP) is 6.91. The van der Waals surface area contributed by atoms with Gasteiger partial charge in [-0.25, -0.2) is 22.0 Å². The van der Waals surface area contributed by atoms with Crippen molar-refractivity contribution in [2.24, 2.45) is 5.92 Å². The van der Waals surface area contributed by atoms with E-state index in [1.807, 2.05) is 31.2 Å². The highest BCUT2D eigenvalue weighted by Gasteiger charge is 2.49. The summed E-state index contributed by atoms with van der Waals surface area (Å²) in [6.45, 7) is 4.52. The first-order chi connectivity index (χ1) is 17.9. The molecule has 0 unspecified atom stereocenters. The Balaban J connectivity index is 1.55. The predicted molar refractivity (Wildman–Crippen MR) is 136 cm³/mol. The van der Waals surface area contributed by atoms with Crippen molar-refractivity contribution in [3.63, 3.8) is 0 Å². The molecule has 2 aromatic carbocycles. The number of rotatable bonds is 8. The lowest BCUT2D eigenvalue weighted by molar-refractivity contribution is -0.124. The van der Waals surface area contributed by atoms with Gasteiger partial charge in [0.05, 0.1) is 18.6 Å². The van der Waals surface area contributed by atoms with E-state index < -0.39 is 47.4 Å². The summed E-state index contributed by atoms with van der Waals surface area (Å²) >= 11 is 0. The van der Waals surface area contributed by atoms with Crippen LogP contribution in [0.5, 0.6) is 0 Å². The number of fused-ring (bicyclic) bond motifs is 3. The van der Waals surface area contributed by atoms with Crippen LogP contribution >= 0.6 is 0 Å². The molecular weight excluding hydrogens is 504 g/mol. The normalized spacial score (nSPS) is 21.6. The fourth-order valence-electron chi connectivity index (χ4n) is 6.04. The summed E-state index contributed by atoms with van der Waals surface area (Å²) in [4.78, 5) is 6.70. The Morgan fingerprint density at radius 2 is 1.68 bits per heavy atom. The summed E-state index contributed by atoms with van der Waals surface area (Å²) < 4.78 is 89.4. The molecule has 2 aliphatic heterocycles. The molecule has 206 valence electrons. The Labute approximate surface area is 218 Å². The molecule has 9 heteroatoms. The molecule has 0 spiro atoms. The number of hydrogen-bond donors (Lipinski definition) is 1. The van der Waals surface area contributed by atoms with E-state index in [2.05, 4.69) is 4.98 Å². The van der Waals surface area contributed by atoms with E-state index in [4.69, 9.17) is 0 Å². The molecule has 3 heterocycles. The van der Waals surface area contributed by atoms with Gasteiger partial charge < -0.3 is 9.88 Å². The topological polar surface area (TPSA) is 22.3 Å². The summed E-state index contributed by atoms with van der Waals surface area (Å²) in [7, 11) is 0. The lowest BCUT2D eigenvalue weighted by Gasteiger charge is -2.44. The molecule has 0 bridgehead atoms. The van der Waals surface area contributed by atoms with Gasteiger partial charge in [-0.3, -0.25) is 9.29 Å². The second-order valence-electron chi connectivity index (χ2n) is 11.4. The Hall–Kier alpha value is -2.52. The molecule has 1 N–H and O–H groups in total. The van der Waals surface area contributed by atoms with Crippen LogP contribution in [0.3, 0.4) is 0 Å². The molecule has 5 rings (SSSR count). The van der Waals surface area contributed by atoms with E-state index >= 15 is 17.6 Å². The molecular formula is C29H33F6N3. The summed E-state index contributed by atoms with van der Waals surface area (Å²) in [5.41, 5.74) is -0.512. The number of para-hydroxylation sites is 1. The second kappa shape index (κ2) is 9.90. The Bertz CT molecular complexity index is 1280. The number of H-pyrrole nitrogens is 1. The molecule has 1 fully saturated rings. The number of hydrogen-bond acceptors (Lipinski definition) is 2. The van der Waals surface area contributed by atoms with Gasteiger partial charge in [0.1, 0.15) is 17.3 Å². The lowest BCUT2D eigenvalue weighted by atomic mass is 9.84. The maximum Gasteiger partial charge on any atom is 0.278 e. The van der Waals surface area contributed by atoms with Crippen LogP contribution in [0.1, 0.15) is 55.6 Å². The molecule has 1 aromatic heterocycles. The number of nitrogens with one attached hydrogen (secondary N) is 1. The van der Waals surface area contributed by atoms with E-state index in [0.717, 1.165) is 28.6 Å². The summed E-state index contributed by atoms with van der Waals surface area (Å²) in [6, 6.07) is 7.70. The van der Waals surface area contributed by atoms with E-state index in [1.165, 1.54) is 13.8 Å². The van der Waals surface area contributed by atoms with Crippen molar-refractivity contribution < 1.29 is 26.3 Å². The molecule has 0 aliphatic carbocycles. The Morgan fingerprint density at radius 1 is 1.03 bits per heavy atom. The van der Waals surface area contributed by atoms with Crippen LogP contribution < -0.4 is 0 Å². The molecule has 2 aliphatic rings. The fourth-order valence-corrected chi connectivity index (χ4v) is 6.04. The monoisotopic (exact) mass is 537 g/mol. The van der Waals surface area contributed by atoms with Gasteiger partial charge in [0.25, 0.3) is 5.92 Å². The molecule has 3 nitrogen and oxygen atoms in total. The maximum atomic E-state index is 15.8. The van der Waals surface area contributed by atoms with Crippen LogP contribution in [-0.4, -0.2) is 59.3 Å².